The smallest absolute Gasteiger partial charge is 0.387 e. The number of ether oxygens (including phenoxy) is 2. The third kappa shape index (κ3) is 6.02. The van der Waals surface area contributed by atoms with E-state index in [-0.39, 0.29) is 11.7 Å². The Morgan fingerprint density at radius 2 is 1.86 bits per heavy atom. The molecule has 0 aromatic heterocycles. The molecule has 2 aromatic rings. The zero-order chi connectivity index (χ0) is 20.6. The Kier molecular flexibility index (Phi) is 7.19. The zero-order valence-corrected chi connectivity index (χ0v) is 16.3. The minimum absolute atomic E-state index is 0.0836. The van der Waals surface area contributed by atoms with Gasteiger partial charge in [0.2, 0.25) is 5.91 Å². The highest BCUT2D eigenvalue weighted by molar-refractivity contribution is 5.91. The first kappa shape index (κ1) is 20.8. The third-order valence-corrected chi connectivity index (χ3v) is 4.65. The molecule has 1 heterocycles. The Labute approximate surface area is 169 Å². The van der Waals surface area contributed by atoms with Gasteiger partial charge in [-0.25, -0.2) is 0 Å². The van der Waals surface area contributed by atoms with Gasteiger partial charge in [0.15, 0.2) is 0 Å². The van der Waals surface area contributed by atoms with Crippen molar-refractivity contribution in [2.75, 3.05) is 38.3 Å². The monoisotopic (exact) mass is 402 g/mol. The predicted molar refractivity (Wildman–Crippen MR) is 108 cm³/mol. The van der Waals surface area contributed by atoms with Crippen LogP contribution >= 0.6 is 0 Å². The summed E-state index contributed by atoms with van der Waals surface area (Å²) in [6.07, 6.45) is 3.12. The van der Waals surface area contributed by atoms with Crippen LogP contribution in [0, 0.1) is 0 Å². The molecule has 0 spiro atoms. The number of likely N-dealkylation sites (N-methyl/N-ethyl adjacent to an activating group) is 1. The van der Waals surface area contributed by atoms with Crippen molar-refractivity contribution in [3.8, 4) is 5.75 Å². The van der Waals surface area contributed by atoms with Crippen LogP contribution in [0.5, 0.6) is 5.75 Å². The lowest BCUT2D eigenvalue weighted by Crippen LogP contribution is -2.37. The lowest BCUT2D eigenvalue weighted by atomic mass is 10.1. The van der Waals surface area contributed by atoms with Gasteiger partial charge in [-0.3, -0.25) is 4.79 Å². The maximum atomic E-state index is 12.5. The molecule has 1 aliphatic rings. The number of benzene rings is 2. The summed E-state index contributed by atoms with van der Waals surface area (Å²) in [6.45, 7) is 0.698. The number of rotatable bonds is 7. The van der Waals surface area contributed by atoms with Crippen LogP contribution in [0.25, 0.3) is 6.08 Å². The number of alkyl halides is 2. The fourth-order valence-electron chi connectivity index (χ4n) is 3.15. The first-order valence-electron chi connectivity index (χ1n) is 9.41. The largest absolute Gasteiger partial charge is 0.435 e. The van der Waals surface area contributed by atoms with E-state index in [0.29, 0.717) is 19.8 Å². The molecule has 1 aliphatic heterocycles. The molecular weight excluding hydrogens is 378 g/mol. The molecule has 29 heavy (non-hydrogen) atoms. The molecule has 1 saturated heterocycles. The molecule has 0 radical (unpaired) electrons. The van der Waals surface area contributed by atoms with Gasteiger partial charge in [0, 0.05) is 38.4 Å². The lowest BCUT2D eigenvalue weighted by molar-refractivity contribution is -0.125. The second kappa shape index (κ2) is 10.0. The molecule has 3 rings (SSSR count). The van der Waals surface area contributed by atoms with Crippen LogP contribution in [0.4, 0.5) is 14.5 Å². The molecule has 1 amide bonds. The van der Waals surface area contributed by atoms with Gasteiger partial charge in [0.1, 0.15) is 5.75 Å². The number of hydrogen-bond donors (Lipinski definition) is 0. The Hall–Kier alpha value is -2.93. The van der Waals surface area contributed by atoms with Crippen molar-refractivity contribution < 1.29 is 23.0 Å². The molecule has 154 valence electrons. The van der Waals surface area contributed by atoms with Gasteiger partial charge in [0.05, 0.1) is 13.2 Å². The summed E-state index contributed by atoms with van der Waals surface area (Å²) in [4.78, 5) is 16.4. The van der Waals surface area contributed by atoms with Crippen molar-refractivity contribution in [1.29, 1.82) is 0 Å². The highest BCUT2D eigenvalue weighted by Gasteiger charge is 2.16. The summed E-state index contributed by atoms with van der Waals surface area (Å²) in [7, 11) is 1.75. The van der Waals surface area contributed by atoms with E-state index < -0.39 is 6.61 Å². The Morgan fingerprint density at radius 3 is 2.55 bits per heavy atom. The van der Waals surface area contributed by atoms with Gasteiger partial charge in [-0.2, -0.15) is 8.78 Å². The van der Waals surface area contributed by atoms with Crippen LogP contribution in [-0.4, -0.2) is 50.8 Å². The molecule has 1 fully saturated rings. The van der Waals surface area contributed by atoms with Crippen LogP contribution in [0.2, 0.25) is 0 Å². The Balaban J connectivity index is 1.61. The van der Waals surface area contributed by atoms with Crippen LogP contribution in [0.3, 0.4) is 0 Å². The number of amides is 1. The standard InChI is InChI=1S/C22H24F2N2O3/c1-25(16-18-4-2-3-5-20(18)26-12-14-28-15-13-26)21(27)11-8-17-6-9-19(10-7-17)29-22(23)24/h2-11,22H,12-16H2,1H3/b11-8+. The van der Waals surface area contributed by atoms with Crippen LogP contribution in [0.15, 0.2) is 54.6 Å². The summed E-state index contributed by atoms with van der Waals surface area (Å²) in [5.74, 6) is -0.0602. The number of carbonyl (C=O) groups excluding carboxylic acids is 1. The molecule has 0 N–H and O–H groups in total. The van der Waals surface area contributed by atoms with E-state index in [2.05, 4.69) is 15.7 Å². The molecule has 0 aliphatic carbocycles. The second-order valence-electron chi connectivity index (χ2n) is 6.70. The van der Waals surface area contributed by atoms with Crippen molar-refractivity contribution >= 4 is 17.7 Å². The van der Waals surface area contributed by atoms with E-state index in [0.717, 1.165) is 29.9 Å². The molecule has 5 nitrogen and oxygen atoms in total. The van der Waals surface area contributed by atoms with Gasteiger partial charge in [0.25, 0.3) is 0 Å². The van der Waals surface area contributed by atoms with Gasteiger partial charge in [-0.1, -0.05) is 30.3 Å². The number of anilines is 1. The zero-order valence-electron chi connectivity index (χ0n) is 16.3. The number of morpholine rings is 1. The maximum absolute atomic E-state index is 12.5. The van der Waals surface area contributed by atoms with E-state index in [4.69, 9.17) is 4.74 Å². The van der Waals surface area contributed by atoms with Crippen molar-refractivity contribution in [1.82, 2.24) is 4.90 Å². The van der Waals surface area contributed by atoms with E-state index in [1.54, 1.807) is 30.2 Å². The number of hydrogen-bond acceptors (Lipinski definition) is 4. The Bertz CT molecular complexity index is 834. The summed E-state index contributed by atoms with van der Waals surface area (Å²) in [5, 5.41) is 0. The number of nitrogens with zero attached hydrogens (tertiary/aromatic N) is 2. The Morgan fingerprint density at radius 1 is 1.17 bits per heavy atom. The van der Waals surface area contributed by atoms with E-state index in [1.807, 2.05) is 18.2 Å². The summed E-state index contributed by atoms with van der Waals surface area (Å²) >= 11 is 0. The molecular formula is C22H24F2N2O3. The minimum Gasteiger partial charge on any atom is -0.435 e. The molecule has 0 atom stereocenters. The normalized spacial score (nSPS) is 14.4. The van der Waals surface area contributed by atoms with Crippen molar-refractivity contribution in [3.63, 3.8) is 0 Å². The van der Waals surface area contributed by atoms with Crippen LogP contribution in [-0.2, 0) is 16.1 Å². The topological polar surface area (TPSA) is 42.0 Å². The number of para-hydroxylation sites is 1. The highest BCUT2D eigenvalue weighted by Crippen LogP contribution is 2.23. The SMILES string of the molecule is CN(Cc1ccccc1N1CCOCC1)C(=O)/C=C/c1ccc(OC(F)F)cc1. The van der Waals surface area contributed by atoms with E-state index in [9.17, 15) is 13.6 Å². The third-order valence-electron chi connectivity index (χ3n) is 4.65. The predicted octanol–water partition coefficient (Wildman–Crippen LogP) is 3.80. The fourth-order valence-corrected chi connectivity index (χ4v) is 3.15. The maximum Gasteiger partial charge on any atom is 0.387 e. The van der Waals surface area contributed by atoms with E-state index >= 15 is 0 Å². The van der Waals surface area contributed by atoms with Crippen molar-refractivity contribution in [2.24, 2.45) is 0 Å². The molecule has 7 heteroatoms. The van der Waals surface area contributed by atoms with Crippen LogP contribution < -0.4 is 9.64 Å². The average Bonchev–Trinajstić information content (AvgIpc) is 2.73. The molecule has 0 saturated carbocycles. The first-order chi connectivity index (χ1) is 14.0. The quantitative estimate of drug-likeness (QED) is 0.661. The first-order valence-corrected chi connectivity index (χ1v) is 9.41. The molecule has 0 unspecified atom stereocenters. The van der Waals surface area contributed by atoms with Gasteiger partial charge < -0.3 is 19.3 Å². The van der Waals surface area contributed by atoms with Gasteiger partial charge >= 0.3 is 6.61 Å². The minimum atomic E-state index is -2.85. The number of carbonyl (C=O) groups is 1. The highest BCUT2D eigenvalue weighted by atomic mass is 19.3. The second-order valence-corrected chi connectivity index (χ2v) is 6.70. The van der Waals surface area contributed by atoms with Gasteiger partial charge in [-0.05, 0) is 35.4 Å². The summed E-state index contributed by atoms with van der Waals surface area (Å²) in [5.41, 5.74) is 2.92. The van der Waals surface area contributed by atoms with E-state index in [1.165, 1.54) is 18.2 Å². The summed E-state index contributed by atoms with van der Waals surface area (Å²) in [6, 6.07) is 14.2. The fraction of sp³-hybridized carbons (Fsp3) is 0.318. The van der Waals surface area contributed by atoms with Crippen molar-refractivity contribution in [3.05, 3.63) is 65.7 Å². The molecule has 2 aromatic carbocycles. The summed E-state index contributed by atoms with van der Waals surface area (Å²) < 4.78 is 34.1. The average molecular weight is 402 g/mol. The number of halogens is 2. The lowest BCUT2D eigenvalue weighted by Gasteiger charge is -2.31. The molecule has 0 bridgehead atoms. The van der Waals surface area contributed by atoms with Crippen molar-refractivity contribution in [2.45, 2.75) is 13.2 Å². The van der Waals surface area contributed by atoms with Gasteiger partial charge in [-0.15, -0.1) is 0 Å². The van der Waals surface area contributed by atoms with Crippen LogP contribution in [0.1, 0.15) is 11.1 Å².